The third-order valence-electron chi connectivity index (χ3n) is 8.07. The Morgan fingerprint density at radius 2 is 1.08 bits per heavy atom. The lowest BCUT2D eigenvalue weighted by atomic mass is 9.86. The van der Waals surface area contributed by atoms with Gasteiger partial charge in [-0.15, -0.1) is 0 Å². The molecule has 4 fully saturated rings. The summed E-state index contributed by atoms with van der Waals surface area (Å²) in [5.74, 6) is -4.79. The molecule has 3 aliphatic heterocycles. The SMILES string of the molecule is CC[C@@H]1NC[C@@H](O)[C@H](O)[C@H]1CF.CC[C@H]1NC[C@@H](O)[C@H](O)[C@H]1CF.O[C@H]1[C@H](O)CNC[C@@H]1C1CC1(F)F. The Bertz CT molecular complexity index is 634. The minimum Gasteiger partial charge on any atom is -0.390 e. The molecule has 9 nitrogen and oxygen atoms in total. The Morgan fingerprint density at radius 3 is 1.43 bits per heavy atom. The fraction of sp³-hybridized carbons (Fsp3) is 1.00. The Labute approximate surface area is 215 Å². The minimum absolute atomic E-state index is 0.00611. The van der Waals surface area contributed by atoms with E-state index in [9.17, 15) is 48.2 Å². The van der Waals surface area contributed by atoms with Gasteiger partial charge in [0.25, 0.3) is 5.92 Å². The lowest BCUT2D eigenvalue weighted by Crippen LogP contribution is -2.56. The highest BCUT2D eigenvalue weighted by Gasteiger charge is 2.62. The van der Waals surface area contributed by atoms with E-state index in [4.69, 9.17) is 0 Å². The minimum atomic E-state index is -2.62. The molecule has 4 rings (SSSR count). The number of hydrogen-bond acceptors (Lipinski definition) is 9. The van der Waals surface area contributed by atoms with Crippen molar-refractivity contribution in [3.05, 3.63) is 0 Å². The van der Waals surface area contributed by atoms with Gasteiger partial charge >= 0.3 is 0 Å². The predicted molar refractivity (Wildman–Crippen MR) is 129 cm³/mol. The molecule has 220 valence electrons. The zero-order chi connectivity index (χ0) is 27.9. The average Bonchev–Trinajstić information content (AvgIpc) is 3.52. The Kier molecular flexibility index (Phi) is 12.9. The molecule has 1 saturated carbocycles. The van der Waals surface area contributed by atoms with Crippen molar-refractivity contribution in [2.75, 3.05) is 39.5 Å². The van der Waals surface area contributed by atoms with Crippen LogP contribution >= 0.6 is 0 Å². The predicted octanol–water partition coefficient (Wildman–Crippen LogP) is -1.07. The van der Waals surface area contributed by atoms with E-state index in [1.165, 1.54) is 0 Å². The first kappa shape index (κ1) is 32.6. The molecule has 1 unspecified atom stereocenters. The molecule has 0 amide bonds. The molecule has 37 heavy (non-hydrogen) atoms. The van der Waals surface area contributed by atoms with E-state index in [2.05, 4.69) is 16.0 Å². The number of β-amino-alcohol motifs (C(OH)–C–C–N with tert-alkyl or cyclic N) is 3. The topological polar surface area (TPSA) is 157 Å². The molecule has 0 spiro atoms. The summed E-state index contributed by atoms with van der Waals surface area (Å²) in [5.41, 5.74) is 0. The lowest BCUT2D eigenvalue weighted by Gasteiger charge is -2.37. The van der Waals surface area contributed by atoms with Crippen molar-refractivity contribution in [3.8, 4) is 0 Å². The van der Waals surface area contributed by atoms with Crippen LogP contribution in [0.3, 0.4) is 0 Å². The highest BCUT2D eigenvalue weighted by Crippen LogP contribution is 2.54. The van der Waals surface area contributed by atoms with Gasteiger partial charge in [0.15, 0.2) is 0 Å². The van der Waals surface area contributed by atoms with Gasteiger partial charge in [-0.3, -0.25) is 8.78 Å². The van der Waals surface area contributed by atoms with Crippen molar-refractivity contribution in [2.24, 2.45) is 23.7 Å². The molecule has 3 saturated heterocycles. The van der Waals surface area contributed by atoms with Gasteiger partial charge in [0.05, 0.1) is 50.0 Å². The normalized spacial score (nSPS) is 45.1. The first-order valence-electron chi connectivity index (χ1n) is 13.2. The number of alkyl halides is 4. The molecule has 0 aromatic carbocycles. The van der Waals surface area contributed by atoms with E-state index in [1.807, 2.05) is 13.8 Å². The lowest BCUT2D eigenvalue weighted by molar-refractivity contribution is -0.0583. The maximum atomic E-state index is 12.7. The molecule has 3 heterocycles. The van der Waals surface area contributed by atoms with Crippen molar-refractivity contribution in [1.29, 1.82) is 0 Å². The molecule has 0 radical (unpaired) electrons. The van der Waals surface area contributed by atoms with Crippen LogP contribution in [0.15, 0.2) is 0 Å². The van der Waals surface area contributed by atoms with E-state index in [-0.39, 0.29) is 25.0 Å². The van der Waals surface area contributed by atoms with Crippen molar-refractivity contribution in [1.82, 2.24) is 16.0 Å². The summed E-state index contributed by atoms with van der Waals surface area (Å²) in [6, 6.07) is -0.0122. The van der Waals surface area contributed by atoms with Crippen LogP contribution in [0.5, 0.6) is 0 Å². The second kappa shape index (κ2) is 14.7. The highest BCUT2D eigenvalue weighted by atomic mass is 19.3. The third-order valence-corrected chi connectivity index (χ3v) is 8.07. The molecular formula is C24H45F4N3O6. The van der Waals surface area contributed by atoms with Gasteiger partial charge in [0, 0.05) is 68.4 Å². The maximum absolute atomic E-state index is 12.7. The van der Waals surface area contributed by atoms with Crippen LogP contribution in [-0.4, -0.2) is 125 Å². The number of aliphatic hydroxyl groups is 6. The average molecular weight is 548 g/mol. The van der Waals surface area contributed by atoms with Crippen LogP contribution in [0, 0.1) is 23.7 Å². The van der Waals surface area contributed by atoms with Crippen molar-refractivity contribution in [3.63, 3.8) is 0 Å². The van der Waals surface area contributed by atoms with Gasteiger partial charge in [0.1, 0.15) is 0 Å². The zero-order valence-electron chi connectivity index (χ0n) is 21.5. The first-order chi connectivity index (χ1) is 17.4. The van der Waals surface area contributed by atoms with Crippen LogP contribution < -0.4 is 16.0 Å². The van der Waals surface area contributed by atoms with Crippen molar-refractivity contribution >= 4 is 0 Å². The molecule has 13 heteroatoms. The number of piperidine rings is 3. The molecule has 9 N–H and O–H groups in total. The quantitative estimate of drug-likeness (QED) is 0.196. The summed E-state index contributed by atoms with van der Waals surface area (Å²) >= 11 is 0. The van der Waals surface area contributed by atoms with Crippen LogP contribution in [0.2, 0.25) is 0 Å². The fourth-order valence-corrected chi connectivity index (χ4v) is 5.43. The molecule has 0 aromatic heterocycles. The van der Waals surface area contributed by atoms with Crippen molar-refractivity contribution < 1.29 is 48.2 Å². The summed E-state index contributed by atoms with van der Waals surface area (Å²) in [6.07, 6.45) is -3.99. The summed E-state index contributed by atoms with van der Waals surface area (Å²) in [4.78, 5) is 0. The van der Waals surface area contributed by atoms with Crippen LogP contribution in [0.4, 0.5) is 17.6 Å². The number of halogens is 4. The summed E-state index contributed by atoms with van der Waals surface area (Å²) in [6.45, 7) is 4.09. The Hall–Kier alpha value is -0.640. The highest BCUT2D eigenvalue weighted by molar-refractivity contribution is 5.04. The van der Waals surface area contributed by atoms with E-state index in [1.54, 1.807) is 0 Å². The molecule has 0 aromatic rings. The fourth-order valence-electron chi connectivity index (χ4n) is 5.43. The van der Waals surface area contributed by atoms with Crippen LogP contribution in [0.25, 0.3) is 0 Å². The number of rotatable bonds is 5. The van der Waals surface area contributed by atoms with Crippen molar-refractivity contribution in [2.45, 2.75) is 87.7 Å². The van der Waals surface area contributed by atoms with E-state index in [0.29, 0.717) is 19.6 Å². The van der Waals surface area contributed by atoms with E-state index < -0.39 is 79.6 Å². The Balaban J connectivity index is 0.000000195. The second-order valence-corrected chi connectivity index (χ2v) is 10.5. The smallest absolute Gasteiger partial charge is 0.252 e. The Morgan fingerprint density at radius 1 is 0.676 bits per heavy atom. The molecule has 0 bridgehead atoms. The van der Waals surface area contributed by atoms with Gasteiger partial charge in [-0.05, 0) is 12.8 Å². The zero-order valence-corrected chi connectivity index (χ0v) is 21.5. The first-order valence-corrected chi connectivity index (χ1v) is 13.2. The van der Waals surface area contributed by atoms with Crippen LogP contribution in [-0.2, 0) is 0 Å². The standard InChI is InChI=1S/C8H13F2NO2.2C8H16FNO2/c9-8(10)1-5(8)4-2-11-3-6(12)7(4)13;2*1-2-6-5(3-9)8(12)7(11)4-10-6/h4-7,11-13H,1-3H2;2*5-8,10-12H,2-4H2,1H3/t4-,5?,6-,7-;5-,6+,7+,8+;5-,6-,7+,8+/m100/s1. The molecule has 1 aliphatic carbocycles. The van der Waals surface area contributed by atoms with Gasteiger partial charge < -0.3 is 46.6 Å². The third kappa shape index (κ3) is 8.42. The van der Waals surface area contributed by atoms with Gasteiger partial charge in [-0.2, -0.15) is 0 Å². The summed E-state index contributed by atoms with van der Waals surface area (Å²) < 4.78 is 50.2. The van der Waals surface area contributed by atoms with Gasteiger partial charge in [0.2, 0.25) is 0 Å². The number of nitrogens with one attached hydrogen (secondary N) is 3. The van der Waals surface area contributed by atoms with Gasteiger partial charge in [-0.1, -0.05) is 13.8 Å². The molecular weight excluding hydrogens is 502 g/mol. The summed E-state index contributed by atoms with van der Waals surface area (Å²) in [7, 11) is 0. The van der Waals surface area contributed by atoms with E-state index >= 15 is 0 Å². The van der Waals surface area contributed by atoms with Gasteiger partial charge in [-0.25, -0.2) is 8.78 Å². The maximum Gasteiger partial charge on any atom is 0.252 e. The number of hydrogen-bond donors (Lipinski definition) is 9. The number of aliphatic hydroxyl groups excluding tert-OH is 6. The largest absolute Gasteiger partial charge is 0.390 e. The molecule has 12 atom stereocenters. The monoisotopic (exact) mass is 547 g/mol. The van der Waals surface area contributed by atoms with E-state index in [0.717, 1.165) is 12.8 Å². The summed E-state index contributed by atoms with van der Waals surface area (Å²) in [5, 5.41) is 64.8. The van der Waals surface area contributed by atoms with Crippen LogP contribution in [0.1, 0.15) is 33.1 Å². The molecule has 4 aliphatic rings. The second-order valence-electron chi connectivity index (χ2n) is 10.5.